The number of benzene rings is 1. The second-order valence-corrected chi connectivity index (χ2v) is 5.12. The molecule has 0 aliphatic heterocycles. The van der Waals surface area contributed by atoms with Crippen molar-refractivity contribution in [3.05, 3.63) is 18.2 Å². The normalized spacial score (nSPS) is 14.4. The predicted molar refractivity (Wildman–Crippen MR) is 77.3 cm³/mol. The van der Waals surface area contributed by atoms with E-state index in [9.17, 15) is 4.79 Å². The second kappa shape index (κ2) is 5.40. The van der Waals surface area contributed by atoms with Crippen molar-refractivity contribution in [3.8, 4) is 0 Å². The van der Waals surface area contributed by atoms with Crippen molar-refractivity contribution in [1.82, 2.24) is 10.3 Å². The summed E-state index contributed by atoms with van der Waals surface area (Å²) < 4.78 is 5.53. The van der Waals surface area contributed by atoms with Gasteiger partial charge in [0.15, 0.2) is 5.58 Å². The lowest BCUT2D eigenvalue weighted by molar-refractivity contribution is -0.121. The van der Waals surface area contributed by atoms with Crippen LogP contribution in [0.3, 0.4) is 0 Å². The van der Waals surface area contributed by atoms with Crippen LogP contribution in [0.1, 0.15) is 25.7 Å². The third-order valence-corrected chi connectivity index (χ3v) is 3.21. The van der Waals surface area contributed by atoms with Crippen LogP contribution in [0.15, 0.2) is 22.6 Å². The highest BCUT2D eigenvalue weighted by molar-refractivity contribution is 5.78. The third kappa shape index (κ3) is 3.20. The first kappa shape index (κ1) is 12.8. The number of carbonyl (C=O) groups is 1. The number of oxazole rings is 1. The Morgan fingerprint density at radius 3 is 3.10 bits per heavy atom. The van der Waals surface area contributed by atoms with Crippen molar-refractivity contribution in [2.75, 3.05) is 17.6 Å². The maximum Gasteiger partial charge on any atom is 0.295 e. The standard InChI is InChI=1S/C14H18N4O2/c15-9-3-6-12-11(8-9)18-14(20-12)16-7-1-2-13(19)17-10-4-5-10/h3,6,8,10H,1-2,4-5,7,15H2,(H,16,18)(H,17,19). The number of nitrogens with zero attached hydrogens (tertiary/aromatic N) is 1. The lowest BCUT2D eigenvalue weighted by Crippen LogP contribution is -2.25. The highest BCUT2D eigenvalue weighted by Crippen LogP contribution is 2.21. The van der Waals surface area contributed by atoms with Gasteiger partial charge in [-0.25, -0.2) is 0 Å². The largest absolute Gasteiger partial charge is 0.424 e. The van der Waals surface area contributed by atoms with Crippen LogP contribution in [0, 0.1) is 0 Å². The molecule has 1 saturated carbocycles. The van der Waals surface area contributed by atoms with Gasteiger partial charge in [0.1, 0.15) is 5.52 Å². The molecule has 1 aromatic heterocycles. The van der Waals surface area contributed by atoms with Crippen LogP contribution < -0.4 is 16.4 Å². The van der Waals surface area contributed by atoms with Gasteiger partial charge in [-0.3, -0.25) is 4.79 Å². The van der Waals surface area contributed by atoms with Gasteiger partial charge >= 0.3 is 0 Å². The molecule has 4 N–H and O–H groups in total. The summed E-state index contributed by atoms with van der Waals surface area (Å²) in [6.07, 6.45) is 3.52. The van der Waals surface area contributed by atoms with Gasteiger partial charge in [0.2, 0.25) is 5.91 Å². The fourth-order valence-corrected chi connectivity index (χ4v) is 1.99. The average molecular weight is 274 g/mol. The Morgan fingerprint density at radius 1 is 1.45 bits per heavy atom. The molecular weight excluding hydrogens is 256 g/mol. The van der Waals surface area contributed by atoms with E-state index in [-0.39, 0.29) is 5.91 Å². The smallest absolute Gasteiger partial charge is 0.295 e. The quantitative estimate of drug-likeness (QED) is 0.552. The van der Waals surface area contributed by atoms with Gasteiger partial charge in [-0.05, 0) is 37.5 Å². The molecule has 106 valence electrons. The molecule has 0 saturated heterocycles. The van der Waals surface area contributed by atoms with E-state index < -0.39 is 0 Å². The molecule has 1 heterocycles. The van der Waals surface area contributed by atoms with E-state index in [2.05, 4.69) is 15.6 Å². The van der Waals surface area contributed by atoms with Crippen molar-refractivity contribution >= 4 is 28.7 Å². The number of nitrogens with one attached hydrogen (secondary N) is 2. The summed E-state index contributed by atoms with van der Waals surface area (Å²) in [6, 6.07) is 6.24. The van der Waals surface area contributed by atoms with Crippen LogP contribution in [0.5, 0.6) is 0 Å². The summed E-state index contributed by atoms with van der Waals surface area (Å²) in [5.41, 5.74) is 7.78. The molecular formula is C14H18N4O2. The molecule has 3 rings (SSSR count). The van der Waals surface area contributed by atoms with E-state index in [4.69, 9.17) is 10.2 Å². The van der Waals surface area contributed by atoms with E-state index in [1.165, 1.54) is 0 Å². The van der Waals surface area contributed by atoms with Gasteiger partial charge in [0.25, 0.3) is 6.01 Å². The van der Waals surface area contributed by atoms with E-state index in [0.29, 0.717) is 36.3 Å². The van der Waals surface area contributed by atoms with Gasteiger partial charge < -0.3 is 20.8 Å². The topological polar surface area (TPSA) is 93.2 Å². The zero-order chi connectivity index (χ0) is 13.9. The first-order valence-electron chi connectivity index (χ1n) is 6.90. The van der Waals surface area contributed by atoms with E-state index in [0.717, 1.165) is 24.8 Å². The van der Waals surface area contributed by atoms with Gasteiger partial charge in [-0.1, -0.05) is 0 Å². The molecule has 20 heavy (non-hydrogen) atoms. The van der Waals surface area contributed by atoms with Crippen LogP contribution in [0.2, 0.25) is 0 Å². The minimum atomic E-state index is 0.125. The van der Waals surface area contributed by atoms with Crippen LogP contribution in [-0.4, -0.2) is 23.5 Å². The number of aromatic nitrogens is 1. The zero-order valence-electron chi connectivity index (χ0n) is 11.2. The lowest BCUT2D eigenvalue weighted by atomic mass is 10.3. The van der Waals surface area contributed by atoms with E-state index in [1.807, 2.05) is 0 Å². The number of anilines is 2. The molecule has 2 aromatic rings. The number of fused-ring (bicyclic) bond motifs is 1. The Labute approximate surface area is 116 Å². The first-order valence-corrected chi connectivity index (χ1v) is 6.90. The average Bonchev–Trinajstić information content (AvgIpc) is 3.12. The highest BCUT2D eigenvalue weighted by atomic mass is 16.4. The van der Waals surface area contributed by atoms with Gasteiger partial charge in [0.05, 0.1) is 0 Å². The molecule has 0 unspecified atom stereocenters. The lowest BCUT2D eigenvalue weighted by Gasteiger charge is -2.03. The second-order valence-electron chi connectivity index (χ2n) is 5.12. The maximum atomic E-state index is 11.5. The van der Waals surface area contributed by atoms with E-state index >= 15 is 0 Å². The van der Waals surface area contributed by atoms with E-state index in [1.54, 1.807) is 18.2 Å². The number of amides is 1. The van der Waals surface area contributed by atoms with Crippen molar-refractivity contribution in [1.29, 1.82) is 0 Å². The number of nitrogen functional groups attached to an aromatic ring is 1. The Kier molecular flexibility index (Phi) is 3.45. The summed E-state index contributed by atoms with van der Waals surface area (Å²) in [5, 5.41) is 6.04. The number of hydrogen-bond donors (Lipinski definition) is 3. The molecule has 1 aromatic carbocycles. The number of rotatable bonds is 6. The number of hydrogen-bond acceptors (Lipinski definition) is 5. The Bertz CT molecular complexity index is 619. The maximum absolute atomic E-state index is 11.5. The fraction of sp³-hybridized carbons (Fsp3) is 0.429. The minimum absolute atomic E-state index is 0.125. The van der Waals surface area contributed by atoms with Crippen LogP contribution in [0.25, 0.3) is 11.1 Å². The first-order chi connectivity index (χ1) is 9.70. The van der Waals surface area contributed by atoms with Crippen molar-refractivity contribution < 1.29 is 9.21 Å². The van der Waals surface area contributed by atoms with Crippen molar-refractivity contribution in [3.63, 3.8) is 0 Å². The SMILES string of the molecule is Nc1ccc2oc(NCCCC(=O)NC3CC3)nc2c1. The zero-order valence-corrected chi connectivity index (χ0v) is 11.2. The molecule has 6 nitrogen and oxygen atoms in total. The Balaban J connectivity index is 1.45. The molecule has 0 atom stereocenters. The van der Waals surface area contributed by atoms with Gasteiger partial charge in [0, 0.05) is 24.7 Å². The van der Waals surface area contributed by atoms with Gasteiger partial charge in [-0.2, -0.15) is 4.98 Å². The summed E-state index contributed by atoms with van der Waals surface area (Å²) in [5.74, 6) is 0.125. The summed E-state index contributed by atoms with van der Waals surface area (Å²) in [6.45, 7) is 0.653. The molecule has 1 aliphatic carbocycles. The Hall–Kier alpha value is -2.24. The number of carbonyl (C=O) groups excluding carboxylic acids is 1. The summed E-state index contributed by atoms with van der Waals surface area (Å²) in [4.78, 5) is 15.8. The molecule has 1 aliphatic rings. The summed E-state index contributed by atoms with van der Waals surface area (Å²) in [7, 11) is 0. The van der Waals surface area contributed by atoms with Crippen LogP contribution >= 0.6 is 0 Å². The molecule has 1 amide bonds. The molecule has 0 radical (unpaired) electrons. The van der Waals surface area contributed by atoms with Crippen molar-refractivity contribution in [2.24, 2.45) is 0 Å². The predicted octanol–water partition coefficient (Wildman–Crippen LogP) is 1.88. The molecule has 0 spiro atoms. The highest BCUT2D eigenvalue weighted by Gasteiger charge is 2.22. The summed E-state index contributed by atoms with van der Waals surface area (Å²) >= 11 is 0. The van der Waals surface area contributed by atoms with Crippen LogP contribution in [0.4, 0.5) is 11.7 Å². The Morgan fingerprint density at radius 2 is 2.30 bits per heavy atom. The fourth-order valence-electron chi connectivity index (χ4n) is 1.99. The van der Waals surface area contributed by atoms with Crippen LogP contribution in [-0.2, 0) is 4.79 Å². The van der Waals surface area contributed by atoms with Gasteiger partial charge in [-0.15, -0.1) is 0 Å². The minimum Gasteiger partial charge on any atom is -0.424 e. The molecule has 1 fully saturated rings. The molecule has 0 bridgehead atoms. The number of nitrogens with two attached hydrogens (primary N) is 1. The monoisotopic (exact) mass is 274 g/mol. The molecule has 6 heteroatoms. The third-order valence-electron chi connectivity index (χ3n) is 3.21. The van der Waals surface area contributed by atoms with Crippen molar-refractivity contribution in [2.45, 2.75) is 31.7 Å².